The topological polar surface area (TPSA) is 15.3 Å². The average Bonchev–Trinajstić information content (AvgIpc) is 2.57. The van der Waals surface area contributed by atoms with Gasteiger partial charge >= 0.3 is 0 Å². The van der Waals surface area contributed by atoms with Crippen LogP contribution in [0.5, 0.6) is 0 Å². The maximum Gasteiger partial charge on any atom is 0.0683 e. The highest BCUT2D eigenvalue weighted by atomic mass is 15.3. The third kappa shape index (κ3) is 1.30. The minimum absolute atomic E-state index is 0.991. The summed E-state index contributed by atoms with van der Waals surface area (Å²) < 4.78 is 0. The van der Waals surface area contributed by atoms with Crippen LogP contribution < -0.4 is 10.2 Å². The molecule has 0 unspecified atom stereocenters. The van der Waals surface area contributed by atoms with Crippen LogP contribution in [-0.2, 0) is 0 Å². The lowest BCUT2D eigenvalue weighted by molar-refractivity contribution is 0.854. The first-order valence-corrected chi connectivity index (χ1v) is 4.39. The zero-order chi connectivity index (χ0) is 8.39. The maximum absolute atomic E-state index is 3.32. The smallest absolute Gasteiger partial charge is 0.0683 e. The van der Waals surface area contributed by atoms with Crippen LogP contribution in [0.4, 0.5) is 5.69 Å². The van der Waals surface area contributed by atoms with Gasteiger partial charge in [0, 0.05) is 18.8 Å². The van der Waals surface area contributed by atoms with Crippen molar-refractivity contribution in [2.24, 2.45) is 0 Å². The Bertz CT molecular complexity index is 264. The van der Waals surface area contributed by atoms with Crippen LogP contribution in [0, 0.1) is 6.92 Å². The molecule has 1 aliphatic heterocycles. The number of para-hydroxylation sites is 1. The molecule has 1 heterocycles. The summed E-state index contributed by atoms with van der Waals surface area (Å²) in [6.07, 6.45) is 0. The monoisotopic (exact) mass is 162 g/mol. The van der Waals surface area contributed by atoms with Crippen molar-refractivity contribution >= 4 is 5.69 Å². The van der Waals surface area contributed by atoms with Crippen LogP contribution in [-0.4, -0.2) is 19.8 Å². The molecule has 2 nitrogen and oxygen atoms in total. The Morgan fingerprint density at radius 2 is 2.17 bits per heavy atom. The minimum Gasteiger partial charge on any atom is -0.357 e. The summed E-state index contributed by atoms with van der Waals surface area (Å²) in [5, 5.41) is 3.32. The van der Waals surface area contributed by atoms with Gasteiger partial charge in [0.15, 0.2) is 0 Å². The van der Waals surface area contributed by atoms with Crippen molar-refractivity contribution in [1.82, 2.24) is 5.32 Å². The first kappa shape index (κ1) is 7.62. The van der Waals surface area contributed by atoms with E-state index in [1.54, 1.807) is 0 Å². The van der Waals surface area contributed by atoms with Gasteiger partial charge in [-0.3, -0.25) is 5.32 Å². The Morgan fingerprint density at radius 1 is 1.33 bits per heavy atom. The van der Waals surface area contributed by atoms with Crippen LogP contribution in [0.15, 0.2) is 24.3 Å². The van der Waals surface area contributed by atoms with Gasteiger partial charge in [0.1, 0.15) is 0 Å². The molecule has 0 saturated carbocycles. The molecular formula is C10H14N2. The average molecular weight is 162 g/mol. The summed E-state index contributed by atoms with van der Waals surface area (Å²) in [5.41, 5.74) is 2.73. The standard InChI is InChI=1S/C10H14N2/c1-9-4-2-3-5-10(9)12-7-6-11-8-12/h2-5,11H,6-8H2,1H3. The lowest BCUT2D eigenvalue weighted by atomic mass is 10.2. The Kier molecular flexibility index (Phi) is 2.00. The number of nitrogens with zero attached hydrogens (tertiary/aromatic N) is 1. The van der Waals surface area contributed by atoms with Gasteiger partial charge in [-0.2, -0.15) is 0 Å². The van der Waals surface area contributed by atoms with Crippen molar-refractivity contribution in [2.75, 3.05) is 24.7 Å². The van der Waals surface area contributed by atoms with E-state index in [9.17, 15) is 0 Å². The number of aryl methyl sites for hydroxylation is 1. The van der Waals surface area contributed by atoms with E-state index >= 15 is 0 Å². The van der Waals surface area contributed by atoms with E-state index < -0.39 is 0 Å². The van der Waals surface area contributed by atoms with E-state index in [-0.39, 0.29) is 0 Å². The quantitative estimate of drug-likeness (QED) is 0.670. The largest absolute Gasteiger partial charge is 0.357 e. The van der Waals surface area contributed by atoms with Crippen LogP contribution >= 0.6 is 0 Å². The number of anilines is 1. The predicted molar refractivity (Wildman–Crippen MR) is 51.4 cm³/mol. The Labute approximate surface area is 73.2 Å². The van der Waals surface area contributed by atoms with Crippen molar-refractivity contribution in [3.05, 3.63) is 29.8 Å². The molecule has 0 bridgehead atoms. The molecule has 1 aromatic carbocycles. The minimum atomic E-state index is 0.991. The Balaban J connectivity index is 2.26. The second kappa shape index (κ2) is 3.15. The van der Waals surface area contributed by atoms with Gasteiger partial charge in [0.25, 0.3) is 0 Å². The molecule has 1 saturated heterocycles. The van der Waals surface area contributed by atoms with Crippen molar-refractivity contribution < 1.29 is 0 Å². The second-order valence-corrected chi connectivity index (χ2v) is 3.21. The zero-order valence-electron chi connectivity index (χ0n) is 7.38. The van der Waals surface area contributed by atoms with Crippen LogP contribution in [0.2, 0.25) is 0 Å². The van der Waals surface area contributed by atoms with Gasteiger partial charge < -0.3 is 4.90 Å². The third-order valence-corrected chi connectivity index (χ3v) is 2.32. The van der Waals surface area contributed by atoms with Crippen molar-refractivity contribution in [2.45, 2.75) is 6.92 Å². The molecule has 0 aromatic heterocycles. The molecule has 0 spiro atoms. The fourth-order valence-corrected chi connectivity index (χ4v) is 1.63. The van der Waals surface area contributed by atoms with E-state index in [0.717, 1.165) is 19.8 Å². The highest BCUT2D eigenvalue weighted by Gasteiger charge is 2.12. The van der Waals surface area contributed by atoms with Gasteiger partial charge in [-0.25, -0.2) is 0 Å². The van der Waals surface area contributed by atoms with Crippen molar-refractivity contribution in [3.63, 3.8) is 0 Å². The van der Waals surface area contributed by atoms with E-state index in [4.69, 9.17) is 0 Å². The fraction of sp³-hybridized carbons (Fsp3) is 0.400. The molecule has 64 valence electrons. The van der Waals surface area contributed by atoms with Gasteiger partial charge in [0.05, 0.1) is 6.67 Å². The summed E-state index contributed by atoms with van der Waals surface area (Å²) in [4.78, 5) is 2.37. The molecule has 0 radical (unpaired) electrons. The second-order valence-electron chi connectivity index (χ2n) is 3.21. The number of benzene rings is 1. The maximum atomic E-state index is 3.32. The lowest BCUT2D eigenvalue weighted by Crippen LogP contribution is -2.21. The molecule has 1 N–H and O–H groups in total. The van der Waals surface area contributed by atoms with Crippen LogP contribution in [0.25, 0.3) is 0 Å². The van der Waals surface area contributed by atoms with Crippen molar-refractivity contribution in [1.29, 1.82) is 0 Å². The summed E-state index contributed by atoms with van der Waals surface area (Å²) >= 11 is 0. The molecule has 0 atom stereocenters. The summed E-state index contributed by atoms with van der Waals surface area (Å²) in [6, 6.07) is 8.53. The number of rotatable bonds is 1. The normalized spacial score (nSPS) is 16.9. The molecule has 1 aliphatic rings. The van der Waals surface area contributed by atoms with Gasteiger partial charge in [-0.15, -0.1) is 0 Å². The Hall–Kier alpha value is -1.02. The van der Waals surface area contributed by atoms with E-state index in [1.807, 2.05) is 0 Å². The first-order chi connectivity index (χ1) is 5.88. The molecule has 0 amide bonds. The fourth-order valence-electron chi connectivity index (χ4n) is 1.63. The predicted octanol–water partition coefficient (Wildman–Crippen LogP) is 1.36. The zero-order valence-corrected chi connectivity index (χ0v) is 7.38. The van der Waals surface area contributed by atoms with E-state index in [2.05, 4.69) is 41.4 Å². The summed E-state index contributed by atoms with van der Waals surface area (Å²) in [7, 11) is 0. The lowest BCUT2D eigenvalue weighted by Gasteiger charge is -2.18. The summed E-state index contributed by atoms with van der Waals surface area (Å²) in [5.74, 6) is 0. The molecule has 0 aliphatic carbocycles. The molecular weight excluding hydrogens is 148 g/mol. The number of hydrogen-bond acceptors (Lipinski definition) is 2. The van der Waals surface area contributed by atoms with E-state index in [1.165, 1.54) is 11.3 Å². The molecule has 12 heavy (non-hydrogen) atoms. The van der Waals surface area contributed by atoms with Crippen LogP contribution in [0.3, 0.4) is 0 Å². The highest BCUT2D eigenvalue weighted by molar-refractivity contribution is 5.53. The highest BCUT2D eigenvalue weighted by Crippen LogP contribution is 2.19. The molecule has 2 heteroatoms. The van der Waals surface area contributed by atoms with E-state index in [0.29, 0.717) is 0 Å². The third-order valence-electron chi connectivity index (χ3n) is 2.32. The molecule has 1 fully saturated rings. The van der Waals surface area contributed by atoms with Gasteiger partial charge in [-0.05, 0) is 18.6 Å². The SMILES string of the molecule is Cc1ccccc1N1CCNC1. The molecule has 2 rings (SSSR count). The first-order valence-electron chi connectivity index (χ1n) is 4.39. The Morgan fingerprint density at radius 3 is 2.83 bits per heavy atom. The summed E-state index contributed by atoms with van der Waals surface area (Å²) in [6.45, 7) is 5.39. The molecule has 1 aromatic rings. The van der Waals surface area contributed by atoms with Gasteiger partial charge in [0.2, 0.25) is 0 Å². The number of nitrogens with one attached hydrogen (secondary N) is 1. The van der Waals surface area contributed by atoms with Gasteiger partial charge in [-0.1, -0.05) is 18.2 Å². The number of hydrogen-bond donors (Lipinski definition) is 1. The van der Waals surface area contributed by atoms with Crippen molar-refractivity contribution in [3.8, 4) is 0 Å². The van der Waals surface area contributed by atoms with Crippen LogP contribution in [0.1, 0.15) is 5.56 Å².